The summed E-state index contributed by atoms with van der Waals surface area (Å²) < 4.78 is 176. The number of ether oxygens (including phenoxy) is 2. The summed E-state index contributed by atoms with van der Waals surface area (Å²) in [5.41, 5.74) is -4.41. The van der Waals surface area contributed by atoms with Crippen molar-refractivity contribution in [1.29, 1.82) is 0 Å². The molecule has 0 N–H and O–H groups in total. The Labute approximate surface area is 281 Å². The number of furan rings is 4. The van der Waals surface area contributed by atoms with E-state index in [0.29, 0.717) is 0 Å². The molecule has 4 aromatic heterocycles. The second kappa shape index (κ2) is 11.9. The first-order valence-corrected chi connectivity index (χ1v) is 14.7. The average Bonchev–Trinajstić information content (AvgIpc) is 3.98. The smallest absolute Gasteiger partial charge is 0.216 e. The summed E-state index contributed by atoms with van der Waals surface area (Å²) >= 11 is 0. The summed E-state index contributed by atoms with van der Waals surface area (Å²) in [7, 11) is 0. The van der Waals surface area contributed by atoms with Crippen LogP contribution in [0.2, 0.25) is 0 Å². The third-order valence-corrected chi connectivity index (χ3v) is 8.20. The molecule has 0 bridgehead atoms. The van der Waals surface area contributed by atoms with Gasteiger partial charge in [0.1, 0.15) is 6.10 Å². The Hall–Kier alpha value is -6.32. The molecule has 0 radical (unpaired) electrons. The fraction of sp³-hybridized carbons (Fsp3) is 0.0556. The number of benzene rings is 2. The Morgan fingerprint density at radius 2 is 0.942 bits per heavy atom. The Kier molecular flexibility index (Phi) is 7.51. The van der Waals surface area contributed by atoms with Gasteiger partial charge in [-0.1, -0.05) is 0 Å². The fourth-order valence-corrected chi connectivity index (χ4v) is 5.74. The molecule has 0 aliphatic carbocycles. The second-order valence-electron chi connectivity index (χ2n) is 11.2. The first-order chi connectivity index (χ1) is 24.9. The zero-order valence-corrected chi connectivity index (χ0v) is 25.3. The van der Waals surface area contributed by atoms with Gasteiger partial charge in [0.05, 0.1) is 17.4 Å². The summed E-state index contributed by atoms with van der Waals surface area (Å²) in [6, 6.07) is 11.2. The van der Waals surface area contributed by atoms with Crippen LogP contribution < -0.4 is 10.8 Å². The van der Waals surface area contributed by atoms with Crippen LogP contribution in [-0.4, -0.2) is 0 Å². The third-order valence-electron chi connectivity index (χ3n) is 8.20. The minimum atomic E-state index is -2.41. The van der Waals surface area contributed by atoms with Gasteiger partial charge in [0.25, 0.3) is 0 Å². The molecular weight excluding hydrogens is 718 g/mol. The van der Waals surface area contributed by atoms with Crippen molar-refractivity contribution in [2.45, 2.75) is 11.7 Å². The average molecular weight is 732 g/mol. The van der Waals surface area contributed by atoms with E-state index in [-0.39, 0.29) is 49.8 Å². The van der Waals surface area contributed by atoms with Crippen LogP contribution in [0, 0.1) is 79.8 Å². The number of halogens is 10. The highest BCUT2D eigenvalue weighted by Crippen LogP contribution is 2.45. The molecule has 0 saturated heterocycles. The van der Waals surface area contributed by atoms with Crippen LogP contribution in [0.1, 0.15) is 23.0 Å². The summed E-state index contributed by atoms with van der Waals surface area (Å²) in [5.74, 6) is -22.1. The predicted molar refractivity (Wildman–Crippen MR) is 153 cm³/mol. The number of rotatable bonds is 3. The third kappa shape index (κ3) is 4.88. The fourth-order valence-electron chi connectivity index (χ4n) is 5.74. The molecule has 2 unspecified atom stereocenters. The molecular formula is C36H14F10O6. The maximum Gasteiger partial charge on any atom is 0.216 e. The van der Waals surface area contributed by atoms with E-state index in [9.17, 15) is 35.1 Å². The van der Waals surface area contributed by atoms with Gasteiger partial charge in [-0.05, 0) is 72.8 Å². The van der Waals surface area contributed by atoms with Gasteiger partial charge >= 0.3 is 0 Å². The van der Waals surface area contributed by atoms with E-state index < -0.39 is 81.0 Å². The van der Waals surface area contributed by atoms with Crippen LogP contribution >= 0.6 is 0 Å². The van der Waals surface area contributed by atoms with Crippen molar-refractivity contribution in [2.75, 3.05) is 0 Å². The largest absolute Gasteiger partial charge is 0.477 e. The van der Waals surface area contributed by atoms with Crippen molar-refractivity contribution in [1.82, 2.24) is 0 Å². The molecule has 2 aliphatic rings. The minimum Gasteiger partial charge on any atom is -0.477 e. The molecule has 8 rings (SSSR count). The van der Waals surface area contributed by atoms with Crippen LogP contribution in [-0.2, 0) is 15.1 Å². The molecule has 52 heavy (non-hydrogen) atoms. The molecule has 6 nitrogen and oxygen atoms in total. The zero-order valence-electron chi connectivity index (χ0n) is 25.3. The van der Waals surface area contributed by atoms with Crippen molar-refractivity contribution >= 4 is 11.5 Å². The van der Waals surface area contributed by atoms with Gasteiger partial charge in [0.15, 0.2) is 96.3 Å². The van der Waals surface area contributed by atoms with Gasteiger partial charge in [-0.3, -0.25) is 0 Å². The second-order valence-corrected chi connectivity index (χ2v) is 11.2. The van der Waals surface area contributed by atoms with Gasteiger partial charge in [-0.2, -0.15) is 0 Å². The number of hydrogen-bond acceptors (Lipinski definition) is 6. The van der Waals surface area contributed by atoms with Crippen LogP contribution in [0.15, 0.2) is 96.8 Å². The first-order valence-electron chi connectivity index (χ1n) is 14.7. The summed E-state index contributed by atoms with van der Waals surface area (Å²) in [5, 5.41) is 0. The van der Waals surface area contributed by atoms with E-state index in [2.05, 4.69) is 0 Å². The SMILES string of the molecule is Fc1c(F)c(F)c(C2C=CC(=c3ccc(=c4ccc(=c5ccc(=C6C=CC(c7ccco7)(c7c(F)c(F)c(F)c(F)c7F)O6)o5)o4)o3)O2)c(F)c1F. The maximum absolute atomic E-state index is 15.0. The monoisotopic (exact) mass is 732 g/mol. The molecule has 6 heterocycles. The molecule has 0 spiro atoms. The normalized spacial score (nSPS) is 21.6. The van der Waals surface area contributed by atoms with Crippen molar-refractivity contribution < 1.29 is 71.0 Å². The van der Waals surface area contributed by atoms with Crippen LogP contribution in [0.25, 0.3) is 11.5 Å². The van der Waals surface area contributed by atoms with E-state index in [4.69, 9.17) is 27.1 Å². The molecule has 2 aliphatic heterocycles. The minimum absolute atomic E-state index is 0.0197. The highest BCUT2D eigenvalue weighted by molar-refractivity contribution is 5.58. The van der Waals surface area contributed by atoms with Crippen LogP contribution in [0.3, 0.4) is 0 Å². The van der Waals surface area contributed by atoms with Crippen LogP contribution in [0.5, 0.6) is 0 Å². The standard InChI is InChI=1S/C36H14F10O6/c37-26-24(27(38)31(42)34(45)30(26)41)22-10-9-19(51-22)18-6-5-15(49-18)14-3-4-16(48-14)17-7-8-20(50-17)21-11-12-36(52-21,23-2-1-13-47-23)25-28(39)32(43)35(46)33(44)29(25)40/h1-13,22H. The Morgan fingerprint density at radius 3 is 1.46 bits per heavy atom. The molecule has 0 fully saturated rings. The predicted octanol–water partition coefficient (Wildman–Crippen LogP) is 8.10. The highest BCUT2D eigenvalue weighted by atomic mass is 19.2. The van der Waals surface area contributed by atoms with E-state index in [1.54, 1.807) is 0 Å². The summed E-state index contributed by atoms with van der Waals surface area (Å²) in [6.45, 7) is 0. The van der Waals surface area contributed by atoms with Gasteiger partial charge in [-0.15, -0.1) is 0 Å². The quantitative estimate of drug-likeness (QED) is 0.104. The Morgan fingerprint density at radius 1 is 0.481 bits per heavy atom. The summed E-state index contributed by atoms with van der Waals surface area (Å²) in [6.07, 6.45) is 4.04. The Bertz CT molecular complexity index is 2780. The van der Waals surface area contributed by atoms with Crippen molar-refractivity contribution in [3.8, 4) is 0 Å². The van der Waals surface area contributed by atoms with Gasteiger partial charge in [0.2, 0.25) is 17.2 Å². The van der Waals surface area contributed by atoms with Gasteiger partial charge in [-0.25, -0.2) is 43.9 Å². The number of hydrogen-bond donors (Lipinski definition) is 0. The van der Waals surface area contributed by atoms with E-state index >= 15 is 8.78 Å². The van der Waals surface area contributed by atoms with E-state index in [1.807, 2.05) is 0 Å². The highest BCUT2D eigenvalue weighted by Gasteiger charge is 2.48. The van der Waals surface area contributed by atoms with E-state index in [1.165, 1.54) is 60.7 Å². The maximum atomic E-state index is 15.0. The topological polar surface area (TPSA) is 71.0 Å². The summed E-state index contributed by atoms with van der Waals surface area (Å²) in [4.78, 5) is 0. The van der Waals surface area contributed by atoms with Gasteiger partial charge < -0.3 is 27.1 Å². The Balaban J connectivity index is 1.16. The molecule has 264 valence electrons. The zero-order chi connectivity index (χ0) is 36.6. The lowest BCUT2D eigenvalue weighted by molar-refractivity contribution is 0.102. The van der Waals surface area contributed by atoms with E-state index in [0.717, 1.165) is 18.4 Å². The lowest BCUT2D eigenvalue weighted by Crippen LogP contribution is -2.30. The first kappa shape index (κ1) is 32.9. The lowest BCUT2D eigenvalue weighted by atomic mass is 9.90. The molecule has 0 saturated carbocycles. The molecule has 16 heteroatoms. The molecule has 6 aromatic rings. The molecule has 2 atom stereocenters. The van der Waals surface area contributed by atoms with Gasteiger partial charge in [0, 0.05) is 0 Å². The molecule has 2 aromatic carbocycles. The molecule has 0 amide bonds. The van der Waals surface area contributed by atoms with Crippen molar-refractivity contribution in [2.24, 2.45) is 0 Å². The van der Waals surface area contributed by atoms with Crippen molar-refractivity contribution in [3.63, 3.8) is 0 Å². The van der Waals surface area contributed by atoms with Crippen molar-refractivity contribution in [3.05, 3.63) is 187 Å². The van der Waals surface area contributed by atoms with Crippen LogP contribution in [0.4, 0.5) is 43.9 Å². The lowest BCUT2D eigenvalue weighted by Gasteiger charge is -2.27.